The average molecular weight is 321 g/mol. The summed E-state index contributed by atoms with van der Waals surface area (Å²) in [7, 11) is 0. The fraction of sp³-hybridized carbons (Fsp3) is 0.200. The zero-order chi connectivity index (χ0) is 17.2. The van der Waals surface area contributed by atoms with E-state index < -0.39 is 10.5 Å². The molecule has 0 fully saturated rings. The van der Waals surface area contributed by atoms with Crippen molar-refractivity contribution in [2.24, 2.45) is 5.92 Å². The maximum absolute atomic E-state index is 10.8. The molecule has 0 amide bonds. The van der Waals surface area contributed by atoms with Crippen LogP contribution in [0.2, 0.25) is 0 Å². The Kier molecular flexibility index (Phi) is 4.21. The normalized spacial score (nSPS) is 25.2. The van der Waals surface area contributed by atoms with Gasteiger partial charge in [-0.2, -0.15) is 0 Å². The Morgan fingerprint density at radius 1 is 1.12 bits per heavy atom. The van der Waals surface area contributed by atoms with Gasteiger partial charge in [-0.05, 0) is 48.3 Å². The summed E-state index contributed by atoms with van der Waals surface area (Å²) < 4.78 is 6.10. The number of nitro benzene ring substituents is 1. The zero-order valence-corrected chi connectivity index (χ0v) is 13.7. The van der Waals surface area contributed by atoms with Gasteiger partial charge in [-0.3, -0.25) is 10.1 Å². The van der Waals surface area contributed by atoms with Crippen LogP contribution < -0.4 is 4.74 Å². The molecule has 4 heteroatoms. The molecule has 0 bridgehead atoms. The first kappa shape index (κ1) is 16.0. The second kappa shape index (κ2) is 6.32. The average Bonchev–Trinajstić information content (AvgIpc) is 2.80. The van der Waals surface area contributed by atoms with E-state index in [9.17, 15) is 10.1 Å². The zero-order valence-electron chi connectivity index (χ0n) is 13.7. The second-order valence-corrected chi connectivity index (χ2v) is 6.20. The lowest BCUT2D eigenvalue weighted by molar-refractivity contribution is -0.384. The first-order chi connectivity index (χ1) is 11.5. The van der Waals surface area contributed by atoms with Gasteiger partial charge in [0.05, 0.1) is 4.92 Å². The summed E-state index contributed by atoms with van der Waals surface area (Å²) in [5.41, 5.74) is 1.67. The first-order valence-corrected chi connectivity index (χ1v) is 7.88. The third-order valence-electron chi connectivity index (χ3n) is 4.02. The molecular weight excluding hydrogens is 302 g/mol. The molecule has 3 rings (SSSR count). The minimum absolute atomic E-state index is 0.0528. The summed E-state index contributed by atoms with van der Waals surface area (Å²) in [4.78, 5) is 10.3. The van der Waals surface area contributed by atoms with Crippen LogP contribution in [0.4, 0.5) is 5.69 Å². The highest BCUT2D eigenvalue weighted by molar-refractivity contribution is 5.53. The number of hydrogen-bond donors (Lipinski definition) is 0. The van der Waals surface area contributed by atoms with Gasteiger partial charge in [0.1, 0.15) is 11.4 Å². The smallest absolute Gasteiger partial charge is 0.269 e. The predicted molar refractivity (Wildman–Crippen MR) is 94.9 cm³/mol. The van der Waals surface area contributed by atoms with Gasteiger partial charge < -0.3 is 4.74 Å². The Hall–Kier alpha value is -2.88. The van der Waals surface area contributed by atoms with E-state index in [4.69, 9.17) is 4.74 Å². The molecule has 122 valence electrons. The van der Waals surface area contributed by atoms with E-state index in [-0.39, 0.29) is 5.69 Å². The van der Waals surface area contributed by atoms with Gasteiger partial charge in [-0.25, -0.2) is 0 Å². The number of allylic oxidation sites excluding steroid dienone is 8. The van der Waals surface area contributed by atoms with Crippen LogP contribution in [0.25, 0.3) is 0 Å². The van der Waals surface area contributed by atoms with Crippen LogP contribution in [0.3, 0.4) is 0 Å². The molecule has 0 saturated heterocycles. The monoisotopic (exact) mass is 321 g/mol. The summed E-state index contributed by atoms with van der Waals surface area (Å²) in [5, 5.41) is 10.8. The van der Waals surface area contributed by atoms with Crippen molar-refractivity contribution < 1.29 is 9.66 Å². The number of rotatable bonds is 3. The van der Waals surface area contributed by atoms with Crippen LogP contribution >= 0.6 is 0 Å². The van der Waals surface area contributed by atoms with Gasteiger partial charge in [-0.1, -0.05) is 43.4 Å². The lowest BCUT2D eigenvalue weighted by Gasteiger charge is -2.24. The van der Waals surface area contributed by atoms with Crippen LogP contribution in [0.5, 0.6) is 5.75 Å². The van der Waals surface area contributed by atoms with Crippen molar-refractivity contribution in [1.29, 1.82) is 0 Å². The number of fused-ring (bicyclic) bond motifs is 1. The molecular formula is C20H19NO3. The van der Waals surface area contributed by atoms with Gasteiger partial charge in [0, 0.05) is 12.1 Å². The first-order valence-electron chi connectivity index (χ1n) is 7.88. The quantitative estimate of drug-likeness (QED) is 0.586. The van der Waals surface area contributed by atoms with E-state index in [0.29, 0.717) is 11.7 Å². The summed E-state index contributed by atoms with van der Waals surface area (Å²) in [6.45, 7) is 4.11. The number of non-ortho nitro benzene ring substituents is 1. The third kappa shape index (κ3) is 3.54. The Balaban J connectivity index is 1.89. The molecule has 0 aliphatic heterocycles. The second-order valence-electron chi connectivity index (χ2n) is 6.20. The Labute approximate surface area is 141 Å². The Morgan fingerprint density at radius 3 is 2.46 bits per heavy atom. The standard InChI is InChI=1S/C20H19NO3/c1-15-5-7-16-4-3-13-20(2,14-17(16)8-6-15)24-19-11-9-18(10-12-19)21(22)23/h3-15H,1-2H3. The topological polar surface area (TPSA) is 52.4 Å². The van der Waals surface area contributed by atoms with Crippen molar-refractivity contribution in [3.05, 3.63) is 94.1 Å². The molecule has 2 aliphatic rings. The van der Waals surface area contributed by atoms with Gasteiger partial charge in [0.25, 0.3) is 5.69 Å². The van der Waals surface area contributed by atoms with Crippen LogP contribution in [0.1, 0.15) is 13.8 Å². The molecule has 0 aromatic heterocycles. The number of ether oxygens (including phenoxy) is 1. The van der Waals surface area contributed by atoms with E-state index in [1.165, 1.54) is 12.1 Å². The maximum Gasteiger partial charge on any atom is 0.269 e. The summed E-state index contributed by atoms with van der Waals surface area (Å²) in [5.74, 6) is 0.985. The summed E-state index contributed by atoms with van der Waals surface area (Å²) in [6, 6.07) is 6.15. The number of hydrogen-bond acceptors (Lipinski definition) is 3. The highest BCUT2D eigenvalue weighted by atomic mass is 16.6. The van der Waals surface area contributed by atoms with Crippen LogP contribution in [0.15, 0.2) is 84.0 Å². The maximum atomic E-state index is 10.8. The highest BCUT2D eigenvalue weighted by Crippen LogP contribution is 2.30. The van der Waals surface area contributed by atoms with E-state index in [1.54, 1.807) is 12.1 Å². The fourth-order valence-corrected chi connectivity index (χ4v) is 2.70. The van der Waals surface area contributed by atoms with Gasteiger partial charge >= 0.3 is 0 Å². The van der Waals surface area contributed by atoms with E-state index in [0.717, 1.165) is 11.1 Å². The molecule has 2 unspecified atom stereocenters. The van der Waals surface area contributed by atoms with Crippen molar-refractivity contribution >= 4 is 5.69 Å². The highest BCUT2D eigenvalue weighted by Gasteiger charge is 2.23. The van der Waals surface area contributed by atoms with Crippen molar-refractivity contribution in [1.82, 2.24) is 0 Å². The van der Waals surface area contributed by atoms with Gasteiger partial charge in [0.15, 0.2) is 0 Å². The Bertz CT molecular complexity index is 797. The van der Waals surface area contributed by atoms with Crippen molar-refractivity contribution in [2.75, 3.05) is 0 Å². The molecule has 0 radical (unpaired) electrons. The van der Waals surface area contributed by atoms with Crippen molar-refractivity contribution in [3.63, 3.8) is 0 Å². The SMILES string of the molecule is CC1C=CC2=CC=CC(C)(Oc3ccc([N+](=O)[O-])cc3)C=C2C=C1. The summed E-state index contributed by atoms with van der Waals surface area (Å²) >= 11 is 0. The van der Waals surface area contributed by atoms with Crippen molar-refractivity contribution in [3.8, 4) is 5.75 Å². The minimum Gasteiger partial charge on any atom is -0.479 e. The Morgan fingerprint density at radius 2 is 1.79 bits per heavy atom. The predicted octanol–water partition coefficient (Wildman–Crippen LogP) is 4.92. The molecule has 24 heavy (non-hydrogen) atoms. The van der Waals surface area contributed by atoms with Gasteiger partial charge in [0.2, 0.25) is 0 Å². The molecule has 0 saturated carbocycles. The van der Waals surface area contributed by atoms with Crippen LogP contribution in [-0.2, 0) is 0 Å². The lowest BCUT2D eigenvalue weighted by Crippen LogP contribution is -2.27. The lowest BCUT2D eigenvalue weighted by atomic mass is 9.99. The van der Waals surface area contributed by atoms with E-state index >= 15 is 0 Å². The minimum atomic E-state index is -0.629. The molecule has 0 spiro atoms. The molecule has 4 nitrogen and oxygen atoms in total. The molecule has 0 heterocycles. The number of nitro groups is 1. The van der Waals surface area contributed by atoms with Crippen molar-refractivity contribution in [2.45, 2.75) is 19.4 Å². The van der Waals surface area contributed by atoms with Gasteiger partial charge in [-0.15, -0.1) is 0 Å². The molecule has 0 N–H and O–H groups in total. The summed E-state index contributed by atoms with van der Waals surface area (Å²) in [6.07, 6.45) is 16.7. The van der Waals surface area contributed by atoms with Crippen LogP contribution in [-0.4, -0.2) is 10.5 Å². The van der Waals surface area contributed by atoms with E-state index in [2.05, 4.69) is 43.4 Å². The molecule has 2 aliphatic carbocycles. The molecule has 2 atom stereocenters. The number of benzene rings is 1. The van der Waals surface area contributed by atoms with Crippen LogP contribution in [0, 0.1) is 16.0 Å². The molecule has 1 aromatic rings. The van der Waals surface area contributed by atoms with E-state index in [1.807, 2.05) is 19.1 Å². The fourth-order valence-electron chi connectivity index (χ4n) is 2.70. The largest absolute Gasteiger partial charge is 0.479 e. The third-order valence-corrected chi connectivity index (χ3v) is 4.02. The molecule has 1 aromatic carbocycles. The number of nitrogens with zero attached hydrogens (tertiary/aromatic N) is 1.